The molecular weight excluding hydrogens is 360 g/mol. The Hall–Kier alpha value is -2.93. The van der Waals surface area contributed by atoms with Gasteiger partial charge in [0.15, 0.2) is 0 Å². The van der Waals surface area contributed by atoms with E-state index in [0.717, 1.165) is 16.1 Å². The Morgan fingerprint density at radius 2 is 1.96 bits per heavy atom. The normalized spacial score (nSPS) is 13.0. The lowest BCUT2D eigenvalue weighted by Crippen LogP contribution is -2.33. The van der Waals surface area contributed by atoms with Crippen LogP contribution in [-0.2, 0) is 9.59 Å². The number of thiophene rings is 1. The first kappa shape index (κ1) is 18.8. The van der Waals surface area contributed by atoms with Gasteiger partial charge in [0.05, 0.1) is 24.8 Å². The fraction of sp³-hybridized carbons (Fsp3) is 0.250. The molecule has 2 atom stereocenters. The number of rotatable bonds is 7. The van der Waals surface area contributed by atoms with Crippen LogP contribution in [0.3, 0.4) is 0 Å². The van der Waals surface area contributed by atoms with E-state index in [0.29, 0.717) is 0 Å². The van der Waals surface area contributed by atoms with Crippen molar-refractivity contribution in [3.05, 3.63) is 70.9 Å². The number of benzene rings is 1. The van der Waals surface area contributed by atoms with Crippen LogP contribution in [0.4, 0.5) is 0 Å². The van der Waals surface area contributed by atoms with Gasteiger partial charge in [0, 0.05) is 29.9 Å². The molecule has 0 unspecified atom stereocenters. The minimum atomic E-state index is -0.307. The van der Waals surface area contributed by atoms with Crippen LogP contribution in [0.5, 0.6) is 0 Å². The van der Waals surface area contributed by atoms with Crippen LogP contribution in [0.15, 0.2) is 60.5 Å². The third kappa shape index (κ3) is 5.04. The van der Waals surface area contributed by atoms with Gasteiger partial charge in [0.25, 0.3) is 0 Å². The smallest absolute Gasteiger partial charge is 0.222 e. The van der Waals surface area contributed by atoms with E-state index >= 15 is 0 Å². The predicted molar refractivity (Wildman–Crippen MR) is 106 cm³/mol. The number of imidazole rings is 1. The monoisotopic (exact) mass is 382 g/mol. The van der Waals surface area contributed by atoms with E-state index in [4.69, 9.17) is 0 Å². The molecule has 2 heterocycles. The number of nitrogens with one attached hydrogen (secondary N) is 2. The predicted octanol–water partition coefficient (Wildman–Crippen LogP) is 3.38. The van der Waals surface area contributed by atoms with Crippen molar-refractivity contribution in [3.63, 3.8) is 0 Å². The summed E-state index contributed by atoms with van der Waals surface area (Å²) in [6.07, 6.45) is 5.56. The standard InChI is InChI=1S/C20H22N4O2S/c1-14(16-5-7-17(8-6-16)24-10-9-21-13-24)22-20(26)12-18(23-15(2)25)19-4-3-11-27-19/h3-11,13-14,18H,12H2,1-2H3,(H,22,26)(H,23,25)/t14-,18-/m0/s1. The molecule has 0 spiro atoms. The van der Waals surface area contributed by atoms with Crippen LogP contribution >= 0.6 is 11.3 Å². The largest absolute Gasteiger partial charge is 0.350 e. The molecule has 0 aliphatic heterocycles. The van der Waals surface area contributed by atoms with Crippen molar-refractivity contribution in [1.82, 2.24) is 20.2 Å². The second-order valence-electron chi connectivity index (χ2n) is 6.32. The zero-order chi connectivity index (χ0) is 19.2. The highest BCUT2D eigenvalue weighted by Gasteiger charge is 2.19. The van der Waals surface area contributed by atoms with E-state index in [2.05, 4.69) is 15.6 Å². The SMILES string of the molecule is CC(=O)N[C@@H](CC(=O)N[C@@H](C)c1ccc(-n2ccnc2)cc1)c1cccs1. The number of aromatic nitrogens is 2. The molecule has 140 valence electrons. The summed E-state index contributed by atoms with van der Waals surface area (Å²) in [5.41, 5.74) is 2.03. The van der Waals surface area contributed by atoms with Gasteiger partial charge in [-0.3, -0.25) is 9.59 Å². The Kier molecular flexibility index (Phi) is 6.03. The lowest BCUT2D eigenvalue weighted by atomic mass is 10.1. The van der Waals surface area contributed by atoms with Crippen LogP contribution in [0.2, 0.25) is 0 Å². The Bertz CT molecular complexity index is 873. The number of hydrogen-bond donors (Lipinski definition) is 2. The topological polar surface area (TPSA) is 76.0 Å². The fourth-order valence-corrected chi connectivity index (χ4v) is 3.65. The zero-order valence-electron chi connectivity index (χ0n) is 15.3. The van der Waals surface area contributed by atoms with Crippen molar-refractivity contribution in [2.75, 3.05) is 0 Å². The average molecular weight is 382 g/mol. The highest BCUT2D eigenvalue weighted by atomic mass is 32.1. The molecule has 0 aliphatic rings. The second kappa shape index (κ2) is 8.64. The molecule has 2 aromatic heterocycles. The molecule has 6 nitrogen and oxygen atoms in total. The Balaban J connectivity index is 1.61. The lowest BCUT2D eigenvalue weighted by molar-refractivity contribution is -0.123. The number of carbonyl (C=O) groups excluding carboxylic acids is 2. The molecule has 0 saturated carbocycles. The molecule has 0 saturated heterocycles. The van der Waals surface area contributed by atoms with Gasteiger partial charge in [-0.15, -0.1) is 11.3 Å². The molecule has 0 fully saturated rings. The maximum Gasteiger partial charge on any atom is 0.222 e. The molecule has 0 bridgehead atoms. The summed E-state index contributed by atoms with van der Waals surface area (Å²) < 4.78 is 1.92. The van der Waals surface area contributed by atoms with Crippen LogP contribution < -0.4 is 10.6 Å². The van der Waals surface area contributed by atoms with E-state index in [1.165, 1.54) is 18.3 Å². The van der Waals surface area contributed by atoms with E-state index in [9.17, 15) is 9.59 Å². The summed E-state index contributed by atoms with van der Waals surface area (Å²) in [5.74, 6) is -0.252. The molecule has 1 aromatic carbocycles. The molecule has 2 N–H and O–H groups in total. The quantitative estimate of drug-likeness (QED) is 0.658. The zero-order valence-corrected chi connectivity index (χ0v) is 16.1. The molecule has 27 heavy (non-hydrogen) atoms. The maximum absolute atomic E-state index is 12.5. The van der Waals surface area contributed by atoms with Crippen LogP contribution in [0.1, 0.15) is 42.8 Å². The fourth-order valence-electron chi connectivity index (χ4n) is 2.87. The van der Waals surface area contributed by atoms with Gasteiger partial charge in [0.2, 0.25) is 11.8 Å². The molecular formula is C20H22N4O2S. The summed E-state index contributed by atoms with van der Waals surface area (Å²) in [6, 6.07) is 11.4. The minimum absolute atomic E-state index is 0.103. The van der Waals surface area contributed by atoms with Gasteiger partial charge in [0.1, 0.15) is 0 Å². The molecule has 0 aliphatic carbocycles. The van der Waals surface area contributed by atoms with Crippen molar-refractivity contribution < 1.29 is 9.59 Å². The number of carbonyl (C=O) groups is 2. The summed E-state index contributed by atoms with van der Waals surface area (Å²) >= 11 is 1.53. The van der Waals surface area contributed by atoms with E-state index in [1.54, 1.807) is 12.5 Å². The van der Waals surface area contributed by atoms with Gasteiger partial charge in [-0.2, -0.15) is 0 Å². The van der Waals surface area contributed by atoms with E-state index < -0.39 is 0 Å². The molecule has 0 radical (unpaired) electrons. The second-order valence-corrected chi connectivity index (χ2v) is 7.30. The number of hydrogen-bond acceptors (Lipinski definition) is 4. The third-order valence-corrected chi connectivity index (χ3v) is 5.21. The van der Waals surface area contributed by atoms with Gasteiger partial charge >= 0.3 is 0 Å². The summed E-state index contributed by atoms with van der Waals surface area (Å²) in [6.45, 7) is 3.41. The summed E-state index contributed by atoms with van der Waals surface area (Å²) in [5, 5.41) is 7.80. The first-order valence-electron chi connectivity index (χ1n) is 8.71. The third-order valence-electron chi connectivity index (χ3n) is 4.23. The first-order chi connectivity index (χ1) is 13.0. The maximum atomic E-state index is 12.5. The van der Waals surface area contributed by atoms with Gasteiger partial charge in [-0.1, -0.05) is 18.2 Å². The van der Waals surface area contributed by atoms with E-state index in [1.807, 2.05) is 59.5 Å². The van der Waals surface area contributed by atoms with Gasteiger partial charge in [-0.05, 0) is 36.1 Å². The average Bonchev–Trinajstić information content (AvgIpc) is 3.34. The molecule has 3 aromatic rings. The van der Waals surface area contributed by atoms with E-state index in [-0.39, 0.29) is 30.3 Å². The van der Waals surface area contributed by atoms with Crippen molar-refractivity contribution in [2.24, 2.45) is 0 Å². The molecule has 7 heteroatoms. The first-order valence-corrected chi connectivity index (χ1v) is 9.59. The number of nitrogens with zero attached hydrogens (tertiary/aromatic N) is 2. The van der Waals surface area contributed by atoms with Crippen molar-refractivity contribution >= 4 is 23.2 Å². The summed E-state index contributed by atoms with van der Waals surface area (Å²) in [7, 11) is 0. The minimum Gasteiger partial charge on any atom is -0.350 e. The van der Waals surface area contributed by atoms with Crippen LogP contribution in [-0.4, -0.2) is 21.4 Å². The van der Waals surface area contributed by atoms with Gasteiger partial charge < -0.3 is 15.2 Å². The van der Waals surface area contributed by atoms with Crippen molar-refractivity contribution in [1.29, 1.82) is 0 Å². The Morgan fingerprint density at radius 3 is 2.56 bits per heavy atom. The van der Waals surface area contributed by atoms with Crippen molar-refractivity contribution in [2.45, 2.75) is 32.4 Å². The summed E-state index contributed by atoms with van der Waals surface area (Å²) in [4.78, 5) is 29.0. The molecule has 3 rings (SSSR count). The van der Waals surface area contributed by atoms with Crippen LogP contribution in [0.25, 0.3) is 5.69 Å². The van der Waals surface area contributed by atoms with Crippen LogP contribution in [0, 0.1) is 0 Å². The lowest BCUT2D eigenvalue weighted by Gasteiger charge is -2.19. The van der Waals surface area contributed by atoms with Gasteiger partial charge in [-0.25, -0.2) is 4.98 Å². The highest BCUT2D eigenvalue weighted by Crippen LogP contribution is 2.23. The Labute approximate surface area is 162 Å². The number of amides is 2. The highest BCUT2D eigenvalue weighted by molar-refractivity contribution is 7.10. The Morgan fingerprint density at radius 1 is 1.19 bits per heavy atom. The molecule has 2 amide bonds. The van der Waals surface area contributed by atoms with Crippen molar-refractivity contribution in [3.8, 4) is 5.69 Å².